The quantitative estimate of drug-likeness (QED) is 0.794. The first-order valence-corrected chi connectivity index (χ1v) is 8.30. The second-order valence-corrected chi connectivity index (χ2v) is 7.38. The van der Waals surface area contributed by atoms with Crippen LogP contribution in [-0.4, -0.2) is 15.6 Å². The molecule has 1 aromatic heterocycles. The monoisotopic (exact) mass is 292 g/mol. The number of hydrogen-bond acceptors (Lipinski definition) is 2. The normalized spacial score (nSPS) is 38.4. The zero-order chi connectivity index (χ0) is 13.9. The Kier molecular flexibility index (Phi) is 2.95. The van der Waals surface area contributed by atoms with E-state index in [2.05, 4.69) is 5.10 Å². The Labute approximate surface area is 124 Å². The molecule has 4 aliphatic rings. The lowest BCUT2D eigenvalue weighted by Gasteiger charge is -2.53. The molecule has 4 saturated carbocycles. The van der Waals surface area contributed by atoms with Crippen molar-refractivity contribution in [1.82, 2.24) is 9.78 Å². The van der Waals surface area contributed by atoms with Crippen LogP contribution in [0.5, 0.6) is 0 Å². The summed E-state index contributed by atoms with van der Waals surface area (Å²) in [6.45, 7) is 2.72. The minimum atomic E-state index is 0.210. The van der Waals surface area contributed by atoms with Crippen LogP contribution in [0, 0.1) is 29.6 Å². The summed E-state index contributed by atoms with van der Waals surface area (Å²) in [7, 11) is 0. The molecule has 4 aliphatic carbocycles. The van der Waals surface area contributed by atoms with Crippen molar-refractivity contribution in [3.05, 3.63) is 16.9 Å². The second kappa shape index (κ2) is 4.59. The van der Waals surface area contributed by atoms with E-state index < -0.39 is 0 Å². The highest BCUT2D eigenvalue weighted by Gasteiger charge is 2.51. The molecule has 0 radical (unpaired) electrons. The Morgan fingerprint density at radius 2 is 1.85 bits per heavy atom. The second-order valence-electron chi connectivity index (χ2n) is 6.98. The molecule has 0 aromatic carbocycles. The number of aromatic nitrogens is 2. The summed E-state index contributed by atoms with van der Waals surface area (Å²) in [5.41, 5.74) is 0.659. The summed E-state index contributed by atoms with van der Waals surface area (Å²) in [6.07, 6.45) is 8.10. The highest BCUT2D eigenvalue weighted by atomic mass is 35.5. The fourth-order valence-corrected chi connectivity index (χ4v) is 5.59. The third-order valence-electron chi connectivity index (χ3n) is 5.86. The third kappa shape index (κ3) is 1.78. The lowest BCUT2D eigenvalue weighted by molar-refractivity contribution is -0.0255. The Balaban J connectivity index is 1.67. The van der Waals surface area contributed by atoms with Crippen molar-refractivity contribution in [2.24, 2.45) is 29.6 Å². The van der Waals surface area contributed by atoms with Crippen LogP contribution in [0.15, 0.2) is 6.20 Å². The van der Waals surface area contributed by atoms with Gasteiger partial charge < -0.3 is 0 Å². The average Bonchev–Trinajstić information content (AvgIpc) is 2.78. The van der Waals surface area contributed by atoms with Crippen molar-refractivity contribution in [2.45, 2.75) is 45.6 Å². The van der Waals surface area contributed by atoms with Gasteiger partial charge in [0.15, 0.2) is 5.78 Å². The van der Waals surface area contributed by atoms with Crippen molar-refractivity contribution >= 4 is 17.4 Å². The van der Waals surface area contributed by atoms with Gasteiger partial charge in [-0.05, 0) is 62.7 Å². The summed E-state index contributed by atoms with van der Waals surface area (Å²) in [6, 6.07) is 0. The fraction of sp³-hybridized carbons (Fsp3) is 0.750. The lowest BCUT2D eigenvalue weighted by Crippen LogP contribution is -2.48. The Bertz CT molecular complexity index is 523. The molecule has 0 spiro atoms. The van der Waals surface area contributed by atoms with Crippen molar-refractivity contribution in [3.63, 3.8) is 0 Å². The molecule has 4 fully saturated rings. The Hall–Kier alpha value is -0.830. The Morgan fingerprint density at radius 1 is 1.25 bits per heavy atom. The van der Waals surface area contributed by atoms with E-state index in [0.717, 1.165) is 11.8 Å². The zero-order valence-corrected chi connectivity index (χ0v) is 12.6. The maximum atomic E-state index is 13.1. The van der Waals surface area contributed by atoms with Crippen LogP contribution in [0.25, 0.3) is 0 Å². The van der Waals surface area contributed by atoms with Crippen LogP contribution in [0.1, 0.15) is 49.5 Å². The van der Waals surface area contributed by atoms with Crippen LogP contribution in [0.4, 0.5) is 0 Å². The zero-order valence-electron chi connectivity index (χ0n) is 11.9. The van der Waals surface area contributed by atoms with Gasteiger partial charge >= 0.3 is 0 Å². The van der Waals surface area contributed by atoms with E-state index in [1.807, 2.05) is 6.92 Å². The third-order valence-corrected chi connectivity index (χ3v) is 6.13. The first kappa shape index (κ1) is 12.9. The molecule has 20 heavy (non-hydrogen) atoms. The lowest BCUT2D eigenvalue weighted by atomic mass is 9.51. The van der Waals surface area contributed by atoms with Gasteiger partial charge in [-0.3, -0.25) is 9.48 Å². The van der Waals surface area contributed by atoms with Crippen LogP contribution in [-0.2, 0) is 6.54 Å². The van der Waals surface area contributed by atoms with Gasteiger partial charge in [-0.2, -0.15) is 5.10 Å². The van der Waals surface area contributed by atoms with Gasteiger partial charge in [-0.1, -0.05) is 11.6 Å². The first-order valence-electron chi connectivity index (χ1n) is 7.92. The number of halogens is 1. The van der Waals surface area contributed by atoms with E-state index >= 15 is 0 Å². The first-order chi connectivity index (χ1) is 9.67. The maximum Gasteiger partial charge on any atom is 0.186 e. The van der Waals surface area contributed by atoms with Gasteiger partial charge in [0.25, 0.3) is 0 Å². The van der Waals surface area contributed by atoms with Crippen LogP contribution >= 0.6 is 11.6 Å². The van der Waals surface area contributed by atoms with Crippen molar-refractivity contribution in [2.75, 3.05) is 0 Å². The van der Waals surface area contributed by atoms with E-state index in [4.69, 9.17) is 11.6 Å². The number of Topliss-reactive ketones (excluding diaryl/α,β-unsaturated/α-hetero) is 1. The number of nitrogens with zero attached hydrogens (tertiary/aromatic N) is 2. The number of ketones is 1. The molecular formula is C16H21ClN2O. The van der Waals surface area contributed by atoms with Crippen LogP contribution in [0.3, 0.4) is 0 Å². The summed E-state index contributed by atoms with van der Waals surface area (Å²) in [5, 5.41) is 4.76. The minimum Gasteiger partial charge on any atom is -0.292 e. The maximum absolute atomic E-state index is 13.1. The van der Waals surface area contributed by atoms with E-state index in [-0.39, 0.29) is 11.7 Å². The van der Waals surface area contributed by atoms with E-state index in [0.29, 0.717) is 29.1 Å². The number of rotatable bonds is 3. The van der Waals surface area contributed by atoms with Gasteiger partial charge in [0.05, 0.1) is 11.2 Å². The molecule has 0 atom stereocenters. The van der Waals surface area contributed by atoms with E-state index in [9.17, 15) is 4.79 Å². The average molecular weight is 293 g/mol. The number of carbonyl (C=O) groups excluding carboxylic acids is 1. The van der Waals surface area contributed by atoms with E-state index in [1.54, 1.807) is 10.9 Å². The Morgan fingerprint density at radius 3 is 2.40 bits per heavy atom. The molecule has 0 aliphatic heterocycles. The molecule has 5 rings (SSSR count). The SMILES string of the molecule is CCn1ncc(Cl)c1C(=O)C1C2CC3CC(C2)CC1C3. The van der Waals surface area contributed by atoms with Gasteiger partial charge in [0, 0.05) is 12.5 Å². The number of carbonyl (C=O) groups is 1. The standard InChI is InChI=1S/C16H21ClN2O/c1-2-19-15(13(17)8-18-19)16(20)14-11-4-9-3-10(6-11)7-12(14)5-9/h8-12,14H,2-7H2,1H3. The highest BCUT2D eigenvalue weighted by Crippen LogP contribution is 2.57. The smallest absolute Gasteiger partial charge is 0.186 e. The topological polar surface area (TPSA) is 34.9 Å². The molecule has 3 nitrogen and oxygen atoms in total. The summed E-state index contributed by atoms with van der Waals surface area (Å²) < 4.78 is 1.77. The van der Waals surface area contributed by atoms with Crippen molar-refractivity contribution in [1.29, 1.82) is 0 Å². The molecule has 4 heteroatoms. The molecule has 108 valence electrons. The molecule has 4 bridgehead atoms. The molecule has 0 amide bonds. The molecule has 1 aromatic rings. The van der Waals surface area contributed by atoms with Gasteiger partial charge in [-0.25, -0.2) is 0 Å². The predicted octanol–water partition coefficient (Wildman–Crippen LogP) is 3.81. The molecular weight excluding hydrogens is 272 g/mol. The number of hydrogen-bond donors (Lipinski definition) is 0. The van der Waals surface area contributed by atoms with Crippen molar-refractivity contribution in [3.8, 4) is 0 Å². The van der Waals surface area contributed by atoms with Gasteiger partial charge in [-0.15, -0.1) is 0 Å². The summed E-state index contributed by atoms with van der Waals surface area (Å²) >= 11 is 6.23. The highest BCUT2D eigenvalue weighted by molar-refractivity contribution is 6.33. The molecule has 1 heterocycles. The molecule has 0 unspecified atom stereocenters. The van der Waals surface area contributed by atoms with E-state index in [1.165, 1.54) is 32.1 Å². The van der Waals surface area contributed by atoms with Crippen LogP contribution in [0.2, 0.25) is 5.02 Å². The molecule has 0 saturated heterocycles. The van der Waals surface area contributed by atoms with Gasteiger partial charge in [0.2, 0.25) is 0 Å². The van der Waals surface area contributed by atoms with Crippen LogP contribution < -0.4 is 0 Å². The summed E-state index contributed by atoms with van der Waals surface area (Å²) in [5.74, 6) is 3.48. The van der Waals surface area contributed by atoms with Crippen molar-refractivity contribution < 1.29 is 4.79 Å². The van der Waals surface area contributed by atoms with Gasteiger partial charge in [0.1, 0.15) is 5.69 Å². The minimum absolute atomic E-state index is 0.210. The fourth-order valence-electron chi connectivity index (χ4n) is 5.36. The predicted molar refractivity (Wildman–Crippen MR) is 77.8 cm³/mol. The molecule has 0 N–H and O–H groups in total. The summed E-state index contributed by atoms with van der Waals surface area (Å²) in [4.78, 5) is 13.1. The number of aryl methyl sites for hydroxylation is 1. The largest absolute Gasteiger partial charge is 0.292 e.